The second kappa shape index (κ2) is 5.49. The van der Waals surface area contributed by atoms with E-state index in [1.807, 2.05) is 0 Å². The maximum absolute atomic E-state index is 12.5. The van der Waals surface area contributed by atoms with E-state index >= 15 is 0 Å². The van der Waals surface area contributed by atoms with Crippen LogP contribution in [0.3, 0.4) is 0 Å². The highest BCUT2D eigenvalue weighted by Gasteiger charge is 1.97. The maximum Gasteiger partial charge on any atom is 0.139 e. The van der Waals surface area contributed by atoms with Crippen LogP contribution >= 0.6 is 11.8 Å². The van der Waals surface area contributed by atoms with Gasteiger partial charge in [0.15, 0.2) is 0 Å². The van der Waals surface area contributed by atoms with Crippen molar-refractivity contribution in [3.63, 3.8) is 0 Å². The van der Waals surface area contributed by atoms with Gasteiger partial charge in [-0.2, -0.15) is 0 Å². The van der Waals surface area contributed by atoms with Gasteiger partial charge in [0.25, 0.3) is 0 Å². The lowest BCUT2D eigenvalue weighted by molar-refractivity contribution is 0.317. The summed E-state index contributed by atoms with van der Waals surface area (Å²) in [4.78, 5) is 0.970. The first kappa shape index (κ1) is 10.8. The standard InChI is InChI=1S/C9H11FN2OS/c10-7-1-3-8(4-2-7)14-6-5-9(11)12-13/h1-4,13H,5-6H2,(H2,11,12). The molecule has 0 amide bonds. The van der Waals surface area contributed by atoms with Crippen LogP contribution in [0.5, 0.6) is 0 Å². The second-order valence-corrected chi connectivity index (χ2v) is 3.81. The molecule has 0 radical (unpaired) electrons. The first-order valence-electron chi connectivity index (χ1n) is 4.07. The van der Waals surface area contributed by atoms with Gasteiger partial charge in [0.05, 0.1) is 0 Å². The van der Waals surface area contributed by atoms with Gasteiger partial charge in [-0.1, -0.05) is 5.16 Å². The van der Waals surface area contributed by atoms with Crippen molar-refractivity contribution in [2.75, 3.05) is 5.75 Å². The number of hydrogen-bond acceptors (Lipinski definition) is 3. The van der Waals surface area contributed by atoms with Crippen LogP contribution in [-0.2, 0) is 0 Å². The van der Waals surface area contributed by atoms with Gasteiger partial charge in [-0.25, -0.2) is 4.39 Å². The summed E-state index contributed by atoms with van der Waals surface area (Å²) in [7, 11) is 0. The Morgan fingerprint density at radius 1 is 1.43 bits per heavy atom. The Morgan fingerprint density at radius 3 is 2.64 bits per heavy atom. The van der Waals surface area contributed by atoms with E-state index in [0.29, 0.717) is 12.2 Å². The number of hydrogen-bond donors (Lipinski definition) is 2. The van der Waals surface area contributed by atoms with Crippen molar-refractivity contribution >= 4 is 17.6 Å². The first-order valence-corrected chi connectivity index (χ1v) is 5.05. The Morgan fingerprint density at radius 2 is 2.07 bits per heavy atom. The van der Waals surface area contributed by atoms with Crippen molar-refractivity contribution in [3.8, 4) is 0 Å². The minimum absolute atomic E-state index is 0.208. The molecule has 0 aliphatic heterocycles. The molecule has 76 valence electrons. The predicted molar refractivity (Wildman–Crippen MR) is 55.1 cm³/mol. The fourth-order valence-corrected chi connectivity index (χ4v) is 1.73. The van der Waals surface area contributed by atoms with Crippen LogP contribution in [0.15, 0.2) is 34.3 Å². The molecule has 0 fully saturated rings. The fraction of sp³-hybridized carbons (Fsp3) is 0.222. The Kier molecular flexibility index (Phi) is 4.25. The molecule has 1 aromatic carbocycles. The summed E-state index contributed by atoms with van der Waals surface area (Å²) in [5, 5.41) is 11.1. The lowest BCUT2D eigenvalue weighted by Gasteiger charge is -2.00. The van der Waals surface area contributed by atoms with E-state index in [1.54, 1.807) is 12.1 Å². The van der Waals surface area contributed by atoms with E-state index in [9.17, 15) is 4.39 Å². The normalized spacial score (nSPS) is 11.6. The van der Waals surface area contributed by atoms with Crippen molar-refractivity contribution in [1.29, 1.82) is 0 Å². The van der Waals surface area contributed by atoms with Gasteiger partial charge < -0.3 is 10.9 Å². The Bertz CT molecular complexity index is 313. The second-order valence-electron chi connectivity index (χ2n) is 2.64. The number of rotatable bonds is 4. The van der Waals surface area contributed by atoms with Gasteiger partial charge in [0.2, 0.25) is 0 Å². The predicted octanol–water partition coefficient (Wildman–Crippen LogP) is 2.05. The Hall–Kier alpha value is -1.23. The number of amidine groups is 1. The summed E-state index contributed by atoms with van der Waals surface area (Å²) in [6.45, 7) is 0. The SMILES string of the molecule is N/C(CCSc1ccc(F)cc1)=N\O. The van der Waals surface area contributed by atoms with Crippen molar-refractivity contribution in [3.05, 3.63) is 30.1 Å². The fourth-order valence-electron chi connectivity index (χ4n) is 0.854. The van der Waals surface area contributed by atoms with Crippen LogP contribution in [0.25, 0.3) is 0 Å². The van der Waals surface area contributed by atoms with Gasteiger partial charge >= 0.3 is 0 Å². The largest absolute Gasteiger partial charge is 0.409 e. The first-order chi connectivity index (χ1) is 6.72. The summed E-state index contributed by atoms with van der Waals surface area (Å²) in [5.74, 6) is 0.673. The molecular weight excluding hydrogens is 203 g/mol. The third-order valence-electron chi connectivity index (χ3n) is 1.57. The van der Waals surface area contributed by atoms with Crippen LogP contribution < -0.4 is 5.73 Å². The monoisotopic (exact) mass is 214 g/mol. The molecule has 0 unspecified atom stereocenters. The molecule has 1 rings (SSSR count). The molecule has 0 aromatic heterocycles. The van der Waals surface area contributed by atoms with Crippen molar-refractivity contribution < 1.29 is 9.60 Å². The minimum Gasteiger partial charge on any atom is -0.409 e. The molecule has 0 saturated carbocycles. The molecule has 0 aliphatic carbocycles. The molecule has 1 aromatic rings. The van der Waals surface area contributed by atoms with Gasteiger partial charge in [-0.3, -0.25) is 0 Å². The summed E-state index contributed by atoms with van der Waals surface area (Å²) >= 11 is 1.53. The van der Waals surface area contributed by atoms with Crippen LogP contribution in [-0.4, -0.2) is 16.8 Å². The summed E-state index contributed by atoms with van der Waals surface area (Å²) in [6.07, 6.45) is 0.512. The smallest absolute Gasteiger partial charge is 0.139 e. The highest BCUT2D eigenvalue weighted by molar-refractivity contribution is 7.99. The molecule has 14 heavy (non-hydrogen) atoms. The van der Waals surface area contributed by atoms with E-state index in [4.69, 9.17) is 10.9 Å². The zero-order chi connectivity index (χ0) is 10.4. The van der Waals surface area contributed by atoms with Crippen molar-refractivity contribution in [2.24, 2.45) is 10.9 Å². The van der Waals surface area contributed by atoms with Gasteiger partial charge in [0, 0.05) is 17.1 Å². The number of benzene rings is 1. The lowest BCUT2D eigenvalue weighted by Crippen LogP contribution is -2.11. The van der Waals surface area contributed by atoms with Gasteiger partial charge in [-0.15, -0.1) is 11.8 Å². The molecule has 0 bridgehead atoms. The molecule has 0 aliphatic rings. The molecule has 0 spiro atoms. The average Bonchev–Trinajstić information content (AvgIpc) is 2.21. The number of nitrogens with two attached hydrogens (primary N) is 1. The Labute approximate surface area is 85.8 Å². The van der Waals surface area contributed by atoms with Crippen LogP contribution in [0.4, 0.5) is 4.39 Å². The zero-order valence-corrected chi connectivity index (χ0v) is 8.30. The van der Waals surface area contributed by atoms with Crippen LogP contribution in [0, 0.1) is 5.82 Å². The lowest BCUT2D eigenvalue weighted by atomic mass is 10.4. The molecule has 0 heterocycles. The summed E-state index contributed by atoms with van der Waals surface area (Å²) < 4.78 is 12.5. The van der Waals surface area contributed by atoms with Crippen LogP contribution in [0.2, 0.25) is 0 Å². The highest BCUT2D eigenvalue weighted by atomic mass is 32.2. The van der Waals surface area contributed by atoms with E-state index < -0.39 is 0 Å². The maximum atomic E-state index is 12.5. The number of nitrogens with zero attached hydrogens (tertiary/aromatic N) is 1. The molecule has 0 atom stereocenters. The number of halogens is 1. The summed E-state index contributed by atoms with van der Waals surface area (Å²) in [6, 6.07) is 6.22. The van der Waals surface area contributed by atoms with E-state index in [1.165, 1.54) is 23.9 Å². The average molecular weight is 214 g/mol. The molecular formula is C9H11FN2OS. The van der Waals surface area contributed by atoms with Crippen LogP contribution in [0.1, 0.15) is 6.42 Å². The van der Waals surface area contributed by atoms with E-state index in [0.717, 1.165) is 4.90 Å². The number of oxime groups is 1. The topological polar surface area (TPSA) is 58.6 Å². The quantitative estimate of drug-likeness (QED) is 0.265. The third-order valence-corrected chi connectivity index (χ3v) is 2.58. The van der Waals surface area contributed by atoms with E-state index in [2.05, 4.69) is 5.16 Å². The summed E-state index contributed by atoms with van der Waals surface area (Å²) in [5.41, 5.74) is 5.29. The zero-order valence-electron chi connectivity index (χ0n) is 7.48. The van der Waals surface area contributed by atoms with Crippen molar-refractivity contribution in [2.45, 2.75) is 11.3 Å². The van der Waals surface area contributed by atoms with Gasteiger partial charge in [0.1, 0.15) is 11.7 Å². The third kappa shape index (κ3) is 3.66. The Balaban J connectivity index is 2.35. The van der Waals surface area contributed by atoms with E-state index in [-0.39, 0.29) is 11.7 Å². The minimum atomic E-state index is -0.245. The molecule has 3 nitrogen and oxygen atoms in total. The molecule has 0 saturated heterocycles. The van der Waals surface area contributed by atoms with Crippen molar-refractivity contribution in [1.82, 2.24) is 0 Å². The molecule has 5 heteroatoms. The van der Waals surface area contributed by atoms with Gasteiger partial charge in [-0.05, 0) is 24.3 Å². The highest BCUT2D eigenvalue weighted by Crippen LogP contribution is 2.18. The number of thioether (sulfide) groups is 1. The molecule has 3 N–H and O–H groups in total.